The molecule has 0 saturated carbocycles. The molecular formula is C11H24O5SSi. The molecule has 0 unspecified atom stereocenters. The van der Waals surface area contributed by atoms with Crippen molar-refractivity contribution in [2.75, 3.05) is 33.7 Å². The van der Waals surface area contributed by atoms with Crippen molar-refractivity contribution < 1.29 is 22.5 Å². The number of thioether (sulfide) groups is 1. The van der Waals surface area contributed by atoms with E-state index in [1.54, 1.807) is 0 Å². The van der Waals surface area contributed by atoms with Crippen LogP contribution in [0.15, 0.2) is 0 Å². The van der Waals surface area contributed by atoms with Crippen LogP contribution >= 0.6 is 11.8 Å². The average Bonchev–Trinajstić information content (AvgIpc) is 2.40. The molecular weight excluding hydrogens is 272 g/mol. The Morgan fingerprint density at radius 2 is 1.72 bits per heavy atom. The normalized spacial score (nSPS) is 11.8. The molecule has 0 amide bonds. The summed E-state index contributed by atoms with van der Waals surface area (Å²) < 4.78 is 20.8. The van der Waals surface area contributed by atoms with Gasteiger partial charge in [0.2, 0.25) is 0 Å². The van der Waals surface area contributed by atoms with Crippen LogP contribution in [0.25, 0.3) is 0 Å². The van der Waals surface area contributed by atoms with Crippen molar-refractivity contribution in [2.24, 2.45) is 0 Å². The van der Waals surface area contributed by atoms with E-state index in [9.17, 15) is 4.79 Å². The van der Waals surface area contributed by atoms with Crippen molar-refractivity contribution in [1.29, 1.82) is 0 Å². The van der Waals surface area contributed by atoms with Gasteiger partial charge in [-0.15, -0.1) is 0 Å². The zero-order chi connectivity index (χ0) is 13.9. The molecule has 0 radical (unpaired) electrons. The summed E-state index contributed by atoms with van der Waals surface area (Å²) in [7, 11) is 1.52. The Morgan fingerprint density at radius 3 is 2.22 bits per heavy atom. The third-order valence-electron chi connectivity index (χ3n) is 2.36. The summed E-state index contributed by atoms with van der Waals surface area (Å²) in [6.45, 7) is 2.50. The Kier molecular flexibility index (Phi) is 11.0. The fourth-order valence-electron chi connectivity index (χ4n) is 1.34. The fourth-order valence-corrected chi connectivity index (χ4v) is 3.38. The molecule has 0 aromatic carbocycles. The van der Waals surface area contributed by atoms with Crippen LogP contribution in [0.3, 0.4) is 0 Å². The topological polar surface area (TPSA) is 54.0 Å². The van der Waals surface area contributed by atoms with E-state index in [0.717, 1.165) is 19.3 Å². The quantitative estimate of drug-likeness (QED) is 0.430. The molecule has 0 rings (SSSR count). The molecule has 0 spiro atoms. The molecule has 0 atom stereocenters. The van der Waals surface area contributed by atoms with Gasteiger partial charge in [0.05, 0.1) is 6.61 Å². The molecule has 108 valence electrons. The Morgan fingerprint density at radius 1 is 1.11 bits per heavy atom. The van der Waals surface area contributed by atoms with Gasteiger partial charge in [0.15, 0.2) is 5.12 Å². The van der Waals surface area contributed by atoms with Gasteiger partial charge in [0, 0.05) is 33.5 Å². The minimum Gasteiger partial charge on any atom is -0.355 e. The molecule has 5 nitrogen and oxygen atoms in total. The maximum Gasteiger partial charge on any atom is 0.678 e. The summed E-state index contributed by atoms with van der Waals surface area (Å²) in [5, 5.41) is 0.214. The fraction of sp³-hybridized carbons (Fsp3) is 0.909. The van der Waals surface area contributed by atoms with Gasteiger partial charge in [-0.1, -0.05) is 31.5 Å². The van der Waals surface area contributed by atoms with Crippen LogP contribution in [-0.4, -0.2) is 47.9 Å². The second-order valence-electron chi connectivity index (χ2n) is 3.64. The number of unbranched alkanes of at least 4 members (excludes halogenated alkanes) is 2. The first-order chi connectivity index (χ1) is 8.64. The molecule has 0 aliphatic carbocycles. The van der Waals surface area contributed by atoms with Crippen LogP contribution in [0.2, 0.25) is 0 Å². The zero-order valence-corrected chi connectivity index (χ0v) is 13.5. The molecule has 0 aromatic rings. The maximum absolute atomic E-state index is 11.5. The van der Waals surface area contributed by atoms with Crippen molar-refractivity contribution in [1.82, 2.24) is 0 Å². The standard InChI is InChI=1S/C11H24O5SSi/c1-5-6-7-8-11(12)17-10-9-16-18(13-2,14-3)15-4/h5-10H2,1-4H3. The summed E-state index contributed by atoms with van der Waals surface area (Å²) >= 11 is 1.29. The molecule has 0 saturated heterocycles. The summed E-state index contributed by atoms with van der Waals surface area (Å²) in [5.74, 6) is 0.593. The van der Waals surface area contributed by atoms with E-state index in [-0.39, 0.29) is 5.12 Å². The Hall–Kier alpha value is 0.0769. The number of hydrogen-bond donors (Lipinski definition) is 0. The van der Waals surface area contributed by atoms with Crippen LogP contribution in [0.1, 0.15) is 32.6 Å². The van der Waals surface area contributed by atoms with Crippen LogP contribution in [0.5, 0.6) is 0 Å². The lowest BCUT2D eigenvalue weighted by molar-refractivity contribution is -0.111. The lowest BCUT2D eigenvalue weighted by atomic mass is 10.2. The van der Waals surface area contributed by atoms with Gasteiger partial charge in [0.1, 0.15) is 0 Å². The molecule has 0 aromatic heterocycles. The van der Waals surface area contributed by atoms with E-state index in [2.05, 4.69) is 6.92 Å². The van der Waals surface area contributed by atoms with Crippen LogP contribution < -0.4 is 0 Å². The van der Waals surface area contributed by atoms with Crippen molar-refractivity contribution in [3.8, 4) is 0 Å². The molecule has 0 aliphatic rings. The molecule has 18 heavy (non-hydrogen) atoms. The average molecular weight is 296 g/mol. The lowest BCUT2D eigenvalue weighted by Crippen LogP contribution is -2.46. The van der Waals surface area contributed by atoms with Gasteiger partial charge in [-0.05, 0) is 6.42 Å². The summed E-state index contributed by atoms with van der Waals surface area (Å²) in [6, 6.07) is 0. The van der Waals surface area contributed by atoms with Crippen molar-refractivity contribution in [2.45, 2.75) is 32.6 Å². The molecule has 0 heterocycles. The predicted molar refractivity (Wildman–Crippen MR) is 74.3 cm³/mol. The van der Waals surface area contributed by atoms with E-state index in [4.69, 9.17) is 17.7 Å². The molecule has 0 N–H and O–H groups in total. The molecule has 0 bridgehead atoms. The third kappa shape index (κ3) is 7.50. The van der Waals surface area contributed by atoms with Gasteiger partial charge >= 0.3 is 9.05 Å². The minimum absolute atomic E-state index is 0.214. The largest absolute Gasteiger partial charge is 0.678 e. The van der Waals surface area contributed by atoms with E-state index in [0.29, 0.717) is 18.8 Å². The van der Waals surface area contributed by atoms with Crippen molar-refractivity contribution >= 4 is 25.9 Å². The highest BCUT2D eigenvalue weighted by atomic mass is 32.2. The van der Waals surface area contributed by atoms with Gasteiger partial charge in [-0.3, -0.25) is 4.79 Å². The molecule has 7 heteroatoms. The molecule has 0 aliphatic heterocycles. The first kappa shape index (κ1) is 18.1. The second kappa shape index (κ2) is 11.0. The SMILES string of the molecule is CCCCCC(=O)SCCO[Si](OC)(OC)OC. The number of carbonyl (C=O) groups excluding carboxylic acids is 1. The number of carbonyl (C=O) groups is 1. The summed E-state index contributed by atoms with van der Waals surface area (Å²) in [4.78, 5) is 11.5. The lowest BCUT2D eigenvalue weighted by Gasteiger charge is -2.22. The monoisotopic (exact) mass is 296 g/mol. The van der Waals surface area contributed by atoms with Gasteiger partial charge in [-0.2, -0.15) is 0 Å². The molecule has 0 fully saturated rings. The maximum atomic E-state index is 11.5. The smallest absolute Gasteiger partial charge is 0.355 e. The van der Waals surface area contributed by atoms with E-state index >= 15 is 0 Å². The number of hydrogen-bond acceptors (Lipinski definition) is 6. The van der Waals surface area contributed by atoms with Gasteiger partial charge < -0.3 is 17.7 Å². The van der Waals surface area contributed by atoms with Crippen LogP contribution in [0, 0.1) is 0 Å². The first-order valence-corrected chi connectivity index (χ1v) is 8.71. The zero-order valence-electron chi connectivity index (χ0n) is 11.7. The first-order valence-electron chi connectivity index (χ1n) is 6.09. The van der Waals surface area contributed by atoms with Crippen molar-refractivity contribution in [3.05, 3.63) is 0 Å². The highest BCUT2D eigenvalue weighted by Gasteiger charge is 2.41. The Labute approximate surface area is 115 Å². The van der Waals surface area contributed by atoms with Crippen LogP contribution in [-0.2, 0) is 22.5 Å². The van der Waals surface area contributed by atoms with E-state index < -0.39 is 9.05 Å². The highest BCUT2D eigenvalue weighted by Crippen LogP contribution is 2.12. The number of rotatable bonds is 11. The third-order valence-corrected chi connectivity index (χ3v) is 5.31. The highest BCUT2D eigenvalue weighted by molar-refractivity contribution is 8.13. The van der Waals surface area contributed by atoms with Gasteiger partial charge in [-0.25, -0.2) is 0 Å². The summed E-state index contributed by atoms with van der Waals surface area (Å²) in [6.07, 6.45) is 3.84. The van der Waals surface area contributed by atoms with Crippen LogP contribution in [0.4, 0.5) is 0 Å². The van der Waals surface area contributed by atoms with E-state index in [1.807, 2.05) is 0 Å². The Bertz CT molecular complexity index is 215. The van der Waals surface area contributed by atoms with Crippen molar-refractivity contribution in [3.63, 3.8) is 0 Å². The predicted octanol–water partition coefficient (Wildman–Crippen LogP) is 2.22. The minimum atomic E-state index is -2.95. The summed E-state index contributed by atoms with van der Waals surface area (Å²) in [5.41, 5.74) is 0. The van der Waals surface area contributed by atoms with Gasteiger partial charge in [0.25, 0.3) is 0 Å². The van der Waals surface area contributed by atoms with E-state index in [1.165, 1.54) is 33.1 Å². The second-order valence-corrected chi connectivity index (χ2v) is 7.30. The Balaban J connectivity index is 3.68.